The monoisotopic (exact) mass is 442 g/mol. The lowest BCUT2D eigenvalue weighted by molar-refractivity contribution is -0.113. The Hall–Kier alpha value is -2.32. The summed E-state index contributed by atoms with van der Waals surface area (Å²) in [5, 5.41) is 4.18. The quantitative estimate of drug-likeness (QED) is 0.470. The molecule has 1 saturated heterocycles. The molecule has 0 unspecified atom stereocenters. The van der Waals surface area contributed by atoms with Gasteiger partial charge in [0.05, 0.1) is 11.1 Å². The molecule has 1 aromatic carbocycles. The third-order valence-corrected chi connectivity index (χ3v) is 7.70. The first-order valence-corrected chi connectivity index (χ1v) is 12.0. The number of rotatable bonds is 5. The van der Waals surface area contributed by atoms with Gasteiger partial charge in [-0.2, -0.15) is 0 Å². The van der Waals surface area contributed by atoms with Crippen LogP contribution in [0.15, 0.2) is 34.2 Å². The van der Waals surface area contributed by atoms with Crippen molar-refractivity contribution in [3.63, 3.8) is 0 Å². The number of thiophene rings is 1. The molecule has 0 saturated carbocycles. The predicted molar refractivity (Wildman–Crippen MR) is 126 cm³/mol. The van der Waals surface area contributed by atoms with Crippen LogP contribution in [-0.2, 0) is 11.8 Å². The fraction of sp³-hybridized carbons (Fsp3) is 0.409. The van der Waals surface area contributed by atoms with Crippen molar-refractivity contribution < 1.29 is 4.79 Å². The van der Waals surface area contributed by atoms with E-state index in [2.05, 4.69) is 27.3 Å². The van der Waals surface area contributed by atoms with E-state index in [1.807, 2.05) is 26.0 Å². The van der Waals surface area contributed by atoms with Gasteiger partial charge in [0.1, 0.15) is 4.83 Å². The summed E-state index contributed by atoms with van der Waals surface area (Å²) in [6, 6.07) is 8.02. The van der Waals surface area contributed by atoms with Gasteiger partial charge in [-0.25, -0.2) is 4.98 Å². The van der Waals surface area contributed by atoms with E-state index in [0.29, 0.717) is 10.5 Å². The number of nitrogens with zero attached hydrogens (tertiary/aromatic N) is 3. The lowest BCUT2D eigenvalue weighted by Crippen LogP contribution is -2.29. The maximum Gasteiger partial charge on any atom is 0.262 e. The van der Waals surface area contributed by atoms with Crippen molar-refractivity contribution in [1.82, 2.24) is 9.55 Å². The number of thioether (sulfide) groups is 1. The molecule has 30 heavy (non-hydrogen) atoms. The van der Waals surface area contributed by atoms with Crippen LogP contribution < -0.4 is 15.8 Å². The Morgan fingerprint density at radius 3 is 2.57 bits per heavy atom. The summed E-state index contributed by atoms with van der Waals surface area (Å²) in [5.74, 6) is 0.0850. The lowest BCUT2D eigenvalue weighted by Gasteiger charge is -2.28. The Labute approximate surface area is 184 Å². The molecule has 3 heterocycles. The number of hydrogen-bond donors (Lipinski definition) is 1. The third-order valence-electron chi connectivity index (χ3n) is 5.57. The molecule has 1 aliphatic heterocycles. The minimum atomic E-state index is -0.112. The average molecular weight is 443 g/mol. The maximum atomic E-state index is 12.7. The average Bonchev–Trinajstić information content (AvgIpc) is 3.04. The zero-order valence-electron chi connectivity index (χ0n) is 17.5. The number of carbonyl (C=O) groups excluding carboxylic acids is 1. The second-order valence-corrected chi connectivity index (χ2v) is 9.80. The van der Waals surface area contributed by atoms with Crippen molar-refractivity contribution in [3.05, 3.63) is 45.1 Å². The first kappa shape index (κ1) is 20.9. The normalized spacial score (nSPS) is 14.3. The fourth-order valence-electron chi connectivity index (χ4n) is 3.72. The number of piperidine rings is 1. The molecule has 158 valence electrons. The van der Waals surface area contributed by atoms with Crippen molar-refractivity contribution in [2.24, 2.45) is 7.05 Å². The molecule has 0 spiro atoms. The fourth-order valence-corrected chi connectivity index (χ4v) is 5.56. The zero-order valence-corrected chi connectivity index (χ0v) is 19.2. The number of anilines is 2. The summed E-state index contributed by atoms with van der Waals surface area (Å²) in [6.07, 6.45) is 3.78. The Bertz CT molecular complexity index is 1130. The molecule has 6 nitrogen and oxygen atoms in total. The van der Waals surface area contributed by atoms with E-state index in [9.17, 15) is 9.59 Å². The zero-order chi connectivity index (χ0) is 21.3. The van der Waals surface area contributed by atoms with Crippen LogP contribution in [0, 0.1) is 13.8 Å². The number of amides is 1. The van der Waals surface area contributed by atoms with Gasteiger partial charge in [-0.05, 0) is 62.9 Å². The molecule has 0 bridgehead atoms. The Balaban J connectivity index is 1.40. The summed E-state index contributed by atoms with van der Waals surface area (Å²) in [5.41, 5.74) is 2.92. The highest BCUT2D eigenvalue weighted by atomic mass is 32.2. The molecule has 2 aromatic heterocycles. The van der Waals surface area contributed by atoms with Crippen molar-refractivity contribution in [2.45, 2.75) is 38.3 Å². The highest BCUT2D eigenvalue weighted by Gasteiger charge is 2.16. The number of hydrogen-bond acceptors (Lipinski definition) is 6. The summed E-state index contributed by atoms with van der Waals surface area (Å²) in [4.78, 5) is 34.0. The molecule has 0 radical (unpaired) electrons. The minimum Gasteiger partial charge on any atom is -0.372 e. The van der Waals surface area contributed by atoms with Gasteiger partial charge in [0, 0.05) is 36.4 Å². The molecule has 4 rings (SSSR count). The molecule has 1 aliphatic rings. The number of aromatic nitrogens is 2. The molecule has 3 aromatic rings. The van der Waals surface area contributed by atoms with E-state index in [4.69, 9.17) is 0 Å². The van der Waals surface area contributed by atoms with Gasteiger partial charge in [-0.15, -0.1) is 11.3 Å². The van der Waals surface area contributed by atoms with Crippen molar-refractivity contribution >= 4 is 50.6 Å². The van der Waals surface area contributed by atoms with E-state index >= 15 is 0 Å². The highest BCUT2D eigenvalue weighted by molar-refractivity contribution is 7.99. The van der Waals surface area contributed by atoms with Gasteiger partial charge in [0.2, 0.25) is 5.91 Å². The number of nitrogens with one attached hydrogen (secondary N) is 1. The summed E-state index contributed by atoms with van der Waals surface area (Å²) in [6.45, 7) is 6.15. The molecule has 1 fully saturated rings. The smallest absolute Gasteiger partial charge is 0.262 e. The first-order valence-electron chi connectivity index (χ1n) is 10.2. The number of fused-ring (bicyclic) bond motifs is 1. The van der Waals surface area contributed by atoms with Gasteiger partial charge >= 0.3 is 0 Å². The summed E-state index contributed by atoms with van der Waals surface area (Å²) >= 11 is 2.81. The summed E-state index contributed by atoms with van der Waals surface area (Å²) < 4.78 is 1.53. The number of aryl methyl sites for hydroxylation is 2. The van der Waals surface area contributed by atoms with Crippen LogP contribution in [0.5, 0.6) is 0 Å². The first-order chi connectivity index (χ1) is 14.4. The summed E-state index contributed by atoms with van der Waals surface area (Å²) in [7, 11) is 1.71. The van der Waals surface area contributed by atoms with Crippen molar-refractivity contribution in [3.8, 4) is 0 Å². The van der Waals surface area contributed by atoms with Crippen LogP contribution in [0.3, 0.4) is 0 Å². The largest absolute Gasteiger partial charge is 0.372 e. The van der Waals surface area contributed by atoms with Crippen molar-refractivity contribution in [2.75, 3.05) is 29.1 Å². The van der Waals surface area contributed by atoms with Gasteiger partial charge in [-0.3, -0.25) is 14.2 Å². The van der Waals surface area contributed by atoms with E-state index in [1.165, 1.54) is 52.6 Å². The molecule has 8 heteroatoms. The molecule has 0 aliphatic carbocycles. The SMILES string of the molecule is Cc1sc2nc(SCC(=O)Nc3ccc(N4CCCCC4)cc3)n(C)c(=O)c2c1C. The standard InChI is InChI=1S/C22H26N4O2S2/c1-14-15(2)30-20-19(14)21(28)25(3)22(24-20)29-13-18(27)23-16-7-9-17(10-8-16)26-11-5-4-6-12-26/h7-10H,4-6,11-13H2,1-3H3,(H,23,27). The molecule has 1 amide bonds. The van der Waals surface area contributed by atoms with E-state index in [-0.39, 0.29) is 17.2 Å². The van der Waals surface area contributed by atoms with Crippen LogP contribution in [0.2, 0.25) is 0 Å². The van der Waals surface area contributed by atoms with Crippen LogP contribution in [0.25, 0.3) is 10.2 Å². The Kier molecular flexibility index (Phi) is 6.15. The lowest BCUT2D eigenvalue weighted by atomic mass is 10.1. The Morgan fingerprint density at radius 2 is 1.87 bits per heavy atom. The van der Waals surface area contributed by atoms with Crippen LogP contribution in [0.4, 0.5) is 11.4 Å². The molecule has 0 atom stereocenters. The second kappa shape index (κ2) is 8.81. The van der Waals surface area contributed by atoms with Gasteiger partial charge in [0.25, 0.3) is 5.56 Å². The van der Waals surface area contributed by atoms with Gasteiger partial charge in [0.15, 0.2) is 5.16 Å². The Morgan fingerprint density at radius 1 is 1.17 bits per heavy atom. The number of carbonyl (C=O) groups is 1. The number of benzene rings is 1. The second-order valence-electron chi connectivity index (χ2n) is 7.65. The van der Waals surface area contributed by atoms with E-state index in [0.717, 1.165) is 34.0 Å². The molecular weight excluding hydrogens is 416 g/mol. The van der Waals surface area contributed by atoms with Gasteiger partial charge in [-0.1, -0.05) is 11.8 Å². The molecule has 1 N–H and O–H groups in total. The van der Waals surface area contributed by atoms with Crippen LogP contribution in [-0.4, -0.2) is 34.3 Å². The van der Waals surface area contributed by atoms with Crippen LogP contribution in [0.1, 0.15) is 29.7 Å². The van der Waals surface area contributed by atoms with E-state index in [1.54, 1.807) is 7.05 Å². The topological polar surface area (TPSA) is 67.2 Å². The van der Waals surface area contributed by atoms with Crippen LogP contribution >= 0.6 is 23.1 Å². The predicted octanol–water partition coefficient (Wildman–Crippen LogP) is 4.33. The van der Waals surface area contributed by atoms with Crippen molar-refractivity contribution in [1.29, 1.82) is 0 Å². The highest BCUT2D eigenvalue weighted by Crippen LogP contribution is 2.28. The maximum absolute atomic E-state index is 12.7. The van der Waals surface area contributed by atoms with Gasteiger partial charge < -0.3 is 10.2 Å². The molecular formula is C22H26N4O2S2. The van der Waals surface area contributed by atoms with E-state index < -0.39 is 0 Å². The minimum absolute atomic E-state index is 0.0574. The third kappa shape index (κ3) is 4.25.